The molecule has 3 rings (SSSR count). The highest BCUT2D eigenvalue weighted by atomic mass is 32.2. The normalized spacial score (nSPS) is 17.4. The summed E-state index contributed by atoms with van der Waals surface area (Å²) in [6.45, 7) is 2.54. The van der Waals surface area contributed by atoms with E-state index in [2.05, 4.69) is 12.2 Å². The lowest BCUT2D eigenvalue weighted by atomic mass is 10.1. The Labute approximate surface area is 154 Å². The molecule has 1 N–H and O–H groups in total. The van der Waals surface area contributed by atoms with Crippen LogP contribution in [0.4, 0.5) is 23.7 Å². The van der Waals surface area contributed by atoms with Crippen molar-refractivity contribution in [2.24, 2.45) is 0 Å². The number of thioether (sulfide) groups is 1. The zero-order valence-corrected chi connectivity index (χ0v) is 15.0. The third-order valence-electron chi connectivity index (χ3n) is 4.26. The Bertz CT molecular complexity index is 777. The quantitative estimate of drug-likeness (QED) is 0.757. The first-order valence-corrected chi connectivity index (χ1v) is 9.38. The van der Waals surface area contributed by atoms with Crippen LogP contribution in [-0.2, 0) is 12.6 Å². The summed E-state index contributed by atoms with van der Waals surface area (Å²) < 4.78 is 38.9. The van der Waals surface area contributed by atoms with Crippen molar-refractivity contribution in [2.45, 2.75) is 24.9 Å². The van der Waals surface area contributed by atoms with E-state index in [4.69, 9.17) is 0 Å². The Morgan fingerprint density at radius 3 is 2.62 bits per heavy atom. The van der Waals surface area contributed by atoms with E-state index < -0.39 is 17.1 Å². The molecule has 0 bridgehead atoms. The van der Waals surface area contributed by atoms with Gasteiger partial charge >= 0.3 is 12.2 Å². The molecule has 26 heavy (non-hydrogen) atoms. The lowest BCUT2D eigenvalue weighted by molar-refractivity contribution is -0.137. The molecule has 2 aromatic rings. The monoisotopic (exact) mass is 380 g/mol. The van der Waals surface area contributed by atoms with Crippen molar-refractivity contribution >= 4 is 23.5 Å². The number of halogens is 3. The van der Waals surface area contributed by atoms with Crippen LogP contribution in [0.2, 0.25) is 0 Å². The highest BCUT2D eigenvalue weighted by Crippen LogP contribution is 2.40. The smallest absolute Gasteiger partial charge is 0.308 e. The average molecular weight is 380 g/mol. The number of hydrogen-bond acceptors (Lipinski definition) is 2. The summed E-state index contributed by atoms with van der Waals surface area (Å²) in [5.74, 6) is 0.684. The number of rotatable bonds is 3. The lowest BCUT2D eigenvalue weighted by Crippen LogP contribution is -2.34. The summed E-state index contributed by atoms with van der Waals surface area (Å²) in [6, 6.07) is 12.4. The molecule has 0 radical (unpaired) electrons. The summed E-state index contributed by atoms with van der Waals surface area (Å²) in [6.07, 6.45) is -3.48. The zero-order chi connectivity index (χ0) is 18.7. The van der Waals surface area contributed by atoms with Crippen LogP contribution in [-0.4, -0.2) is 23.2 Å². The summed E-state index contributed by atoms with van der Waals surface area (Å²) >= 11 is 1.47. The molecule has 0 saturated carbocycles. The van der Waals surface area contributed by atoms with Crippen molar-refractivity contribution in [1.82, 2.24) is 4.90 Å². The minimum absolute atomic E-state index is 0.304. The number of nitrogens with zero attached hydrogens (tertiary/aromatic N) is 1. The molecule has 0 aromatic heterocycles. The predicted molar refractivity (Wildman–Crippen MR) is 98.2 cm³/mol. The molecule has 138 valence electrons. The molecule has 1 heterocycles. The van der Waals surface area contributed by atoms with Gasteiger partial charge < -0.3 is 10.2 Å². The number of amides is 2. The Morgan fingerprint density at radius 1 is 1.23 bits per heavy atom. The van der Waals surface area contributed by atoms with Crippen LogP contribution in [0.5, 0.6) is 0 Å². The minimum Gasteiger partial charge on any atom is -0.308 e. The molecular weight excluding hydrogens is 361 g/mol. The van der Waals surface area contributed by atoms with Gasteiger partial charge in [-0.15, -0.1) is 11.8 Å². The van der Waals surface area contributed by atoms with Crippen molar-refractivity contribution in [3.8, 4) is 0 Å². The van der Waals surface area contributed by atoms with E-state index in [-0.39, 0.29) is 6.03 Å². The number of urea groups is 1. The number of anilines is 1. The molecular formula is C19H19F3N2OS. The highest BCUT2D eigenvalue weighted by molar-refractivity contribution is 7.99. The van der Waals surface area contributed by atoms with Crippen LogP contribution in [0.15, 0.2) is 48.5 Å². The first-order chi connectivity index (χ1) is 12.4. The number of hydrogen-bond donors (Lipinski definition) is 1. The van der Waals surface area contributed by atoms with Gasteiger partial charge in [0.15, 0.2) is 0 Å². The van der Waals surface area contributed by atoms with E-state index in [9.17, 15) is 18.0 Å². The molecule has 2 amide bonds. The number of carbonyl (C=O) groups excluding carboxylic acids is 1. The fourth-order valence-corrected chi connectivity index (χ4v) is 4.09. The Morgan fingerprint density at radius 2 is 1.96 bits per heavy atom. The van der Waals surface area contributed by atoms with E-state index in [0.717, 1.165) is 18.6 Å². The SMILES string of the molecule is CCc1ccc(NC(=O)N2CCSC2c2cccc(C(F)(F)F)c2)cc1. The Hall–Kier alpha value is -2.15. The molecule has 1 saturated heterocycles. The van der Waals surface area contributed by atoms with Gasteiger partial charge in [0.1, 0.15) is 5.37 Å². The number of carbonyl (C=O) groups is 1. The molecule has 0 aliphatic carbocycles. The number of aryl methyl sites for hydroxylation is 1. The summed E-state index contributed by atoms with van der Waals surface area (Å²) in [5, 5.41) is 2.41. The van der Waals surface area contributed by atoms with E-state index in [1.807, 2.05) is 24.3 Å². The molecule has 3 nitrogen and oxygen atoms in total. The van der Waals surface area contributed by atoms with Crippen molar-refractivity contribution in [2.75, 3.05) is 17.6 Å². The van der Waals surface area contributed by atoms with E-state index >= 15 is 0 Å². The molecule has 0 spiro atoms. The number of nitrogens with one attached hydrogen (secondary N) is 1. The van der Waals surface area contributed by atoms with E-state index in [1.54, 1.807) is 11.0 Å². The summed E-state index contributed by atoms with van der Waals surface area (Å²) in [4.78, 5) is 14.2. The fraction of sp³-hybridized carbons (Fsp3) is 0.316. The second kappa shape index (κ2) is 7.61. The van der Waals surface area contributed by atoms with Gasteiger partial charge in [0.25, 0.3) is 0 Å². The fourth-order valence-electron chi connectivity index (χ4n) is 2.84. The van der Waals surface area contributed by atoms with Crippen molar-refractivity contribution in [1.29, 1.82) is 0 Å². The van der Waals surface area contributed by atoms with Gasteiger partial charge in [0.2, 0.25) is 0 Å². The van der Waals surface area contributed by atoms with Gasteiger partial charge in [-0.1, -0.05) is 31.2 Å². The van der Waals surface area contributed by atoms with Gasteiger partial charge in [-0.05, 0) is 41.8 Å². The highest BCUT2D eigenvalue weighted by Gasteiger charge is 2.34. The third-order valence-corrected chi connectivity index (χ3v) is 5.53. The van der Waals surface area contributed by atoms with Crippen molar-refractivity contribution in [3.63, 3.8) is 0 Å². The molecule has 1 unspecified atom stereocenters. The Balaban J connectivity index is 1.76. The van der Waals surface area contributed by atoms with E-state index in [1.165, 1.54) is 23.4 Å². The maximum atomic E-state index is 13.0. The summed E-state index contributed by atoms with van der Waals surface area (Å²) in [7, 11) is 0. The van der Waals surface area contributed by atoms with E-state index in [0.29, 0.717) is 23.5 Å². The van der Waals surface area contributed by atoms with Crippen LogP contribution in [0.1, 0.15) is 29.0 Å². The molecule has 1 aliphatic rings. The standard InChI is InChI=1S/C19H19F3N2OS/c1-2-13-6-8-16(9-7-13)23-18(25)24-10-11-26-17(24)14-4-3-5-15(12-14)19(20,21)22/h3-9,12,17H,2,10-11H2,1H3,(H,23,25). The molecule has 2 aromatic carbocycles. The lowest BCUT2D eigenvalue weighted by Gasteiger charge is -2.25. The minimum atomic E-state index is -4.40. The molecule has 7 heteroatoms. The first kappa shape index (κ1) is 18.6. The first-order valence-electron chi connectivity index (χ1n) is 8.34. The maximum absolute atomic E-state index is 13.0. The topological polar surface area (TPSA) is 32.3 Å². The Kier molecular flexibility index (Phi) is 5.46. The molecule has 1 fully saturated rings. The van der Waals surface area contributed by atoms with Crippen LogP contribution in [0.25, 0.3) is 0 Å². The van der Waals surface area contributed by atoms with Gasteiger partial charge in [-0.2, -0.15) is 13.2 Å². The van der Waals surface area contributed by atoms with Gasteiger partial charge in [0, 0.05) is 18.0 Å². The zero-order valence-electron chi connectivity index (χ0n) is 14.2. The van der Waals surface area contributed by atoms with Gasteiger partial charge in [-0.25, -0.2) is 4.79 Å². The van der Waals surface area contributed by atoms with Crippen LogP contribution >= 0.6 is 11.8 Å². The second-order valence-corrected chi connectivity index (χ2v) is 7.21. The maximum Gasteiger partial charge on any atom is 0.416 e. The third kappa shape index (κ3) is 4.15. The van der Waals surface area contributed by atoms with Gasteiger partial charge in [-0.3, -0.25) is 0 Å². The second-order valence-electron chi connectivity index (χ2n) is 6.02. The number of alkyl halides is 3. The predicted octanol–water partition coefficient (Wildman–Crippen LogP) is 5.55. The molecule has 1 atom stereocenters. The van der Waals surface area contributed by atoms with Crippen molar-refractivity contribution < 1.29 is 18.0 Å². The van der Waals surface area contributed by atoms with Crippen LogP contribution in [0, 0.1) is 0 Å². The summed E-state index contributed by atoms with van der Waals surface area (Å²) in [5.41, 5.74) is 1.63. The number of benzene rings is 2. The molecule has 1 aliphatic heterocycles. The van der Waals surface area contributed by atoms with Crippen LogP contribution < -0.4 is 5.32 Å². The van der Waals surface area contributed by atoms with Gasteiger partial charge in [0.05, 0.1) is 5.56 Å². The van der Waals surface area contributed by atoms with Crippen molar-refractivity contribution in [3.05, 3.63) is 65.2 Å². The largest absolute Gasteiger partial charge is 0.416 e. The average Bonchev–Trinajstić information content (AvgIpc) is 3.12. The van der Waals surface area contributed by atoms with Crippen LogP contribution in [0.3, 0.4) is 0 Å².